The highest BCUT2D eigenvalue weighted by Crippen LogP contribution is 2.47. The Hall–Kier alpha value is -1.78. The first-order valence-electron chi connectivity index (χ1n) is 7.04. The molecular formula is C16H15NO3. The maximum atomic E-state index is 10.5. The molecule has 0 spiro atoms. The first-order chi connectivity index (χ1) is 9.81. The lowest BCUT2D eigenvalue weighted by atomic mass is 9.75. The minimum Gasteiger partial charge on any atom is -0.454 e. The molecule has 3 atom stereocenters. The molecule has 4 aliphatic rings. The van der Waals surface area contributed by atoms with Gasteiger partial charge in [0.1, 0.15) is 0 Å². The molecular weight excluding hydrogens is 254 g/mol. The van der Waals surface area contributed by atoms with E-state index >= 15 is 0 Å². The van der Waals surface area contributed by atoms with Gasteiger partial charge in [-0.05, 0) is 28.8 Å². The lowest BCUT2D eigenvalue weighted by Gasteiger charge is -2.43. The van der Waals surface area contributed by atoms with Gasteiger partial charge in [0.05, 0.1) is 6.10 Å². The van der Waals surface area contributed by atoms with E-state index in [2.05, 4.69) is 29.2 Å². The van der Waals surface area contributed by atoms with Gasteiger partial charge in [0, 0.05) is 25.0 Å². The number of hydrogen-bond donors (Lipinski definition) is 1. The zero-order chi connectivity index (χ0) is 13.3. The molecule has 0 saturated heterocycles. The van der Waals surface area contributed by atoms with Gasteiger partial charge in [0.2, 0.25) is 6.79 Å². The number of fused-ring (bicyclic) bond motifs is 3. The molecule has 20 heavy (non-hydrogen) atoms. The molecule has 3 unspecified atom stereocenters. The first-order valence-corrected chi connectivity index (χ1v) is 7.04. The fourth-order valence-corrected chi connectivity index (χ4v) is 3.97. The highest BCUT2D eigenvalue weighted by atomic mass is 16.7. The van der Waals surface area contributed by atoms with Crippen LogP contribution in [-0.4, -0.2) is 35.5 Å². The lowest BCUT2D eigenvalue weighted by molar-refractivity contribution is 0.111. The molecule has 1 aromatic carbocycles. The summed E-state index contributed by atoms with van der Waals surface area (Å²) in [6.07, 6.45) is 5.82. The number of aliphatic hydroxyl groups is 1. The van der Waals surface area contributed by atoms with Crippen molar-refractivity contribution in [2.24, 2.45) is 0 Å². The van der Waals surface area contributed by atoms with Crippen molar-refractivity contribution in [2.75, 3.05) is 13.3 Å². The van der Waals surface area contributed by atoms with Gasteiger partial charge in [-0.2, -0.15) is 0 Å². The largest absolute Gasteiger partial charge is 0.454 e. The van der Waals surface area contributed by atoms with Crippen molar-refractivity contribution in [3.05, 3.63) is 47.1 Å². The van der Waals surface area contributed by atoms with E-state index < -0.39 is 6.10 Å². The van der Waals surface area contributed by atoms with Crippen LogP contribution in [-0.2, 0) is 6.54 Å². The Morgan fingerprint density at radius 2 is 2.05 bits per heavy atom. The highest BCUT2D eigenvalue weighted by molar-refractivity contribution is 5.54. The molecule has 0 aromatic heterocycles. The first kappa shape index (κ1) is 10.9. The Morgan fingerprint density at radius 1 is 1.20 bits per heavy atom. The Bertz CT molecular complexity index is 664. The van der Waals surface area contributed by atoms with E-state index in [0.29, 0.717) is 12.8 Å². The highest BCUT2D eigenvalue weighted by Gasteiger charge is 2.44. The van der Waals surface area contributed by atoms with Crippen LogP contribution in [0.15, 0.2) is 35.9 Å². The van der Waals surface area contributed by atoms with E-state index in [1.807, 2.05) is 6.08 Å². The van der Waals surface area contributed by atoms with Gasteiger partial charge in [-0.25, -0.2) is 0 Å². The molecule has 0 amide bonds. The molecule has 102 valence electrons. The summed E-state index contributed by atoms with van der Waals surface area (Å²) in [6.45, 7) is 2.17. The zero-order valence-corrected chi connectivity index (χ0v) is 11.0. The molecule has 4 heteroatoms. The second-order valence-electron chi connectivity index (χ2n) is 5.86. The van der Waals surface area contributed by atoms with E-state index in [9.17, 15) is 5.11 Å². The number of ether oxygens (including phenoxy) is 2. The average Bonchev–Trinajstić information content (AvgIpc) is 3.06. The third-order valence-electron chi connectivity index (χ3n) is 4.86. The van der Waals surface area contributed by atoms with Gasteiger partial charge in [-0.15, -0.1) is 0 Å². The fourth-order valence-electron chi connectivity index (χ4n) is 3.97. The normalized spacial score (nSPS) is 32.9. The zero-order valence-electron chi connectivity index (χ0n) is 11.0. The van der Waals surface area contributed by atoms with Crippen LogP contribution in [0.3, 0.4) is 0 Å². The second-order valence-corrected chi connectivity index (χ2v) is 5.86. The van der Waals surface area contributed by atoms with Crippen molar-refractivity contribution in [3.63, 3.8) is 0 Å². The predicted octanol–water partition coefficient (Wildman–Crippen LogP) is 1.55. The second kappa shape index (κ2) is 3.65. The maximum Gasteiger partial charge on any atom is 0.231 e. The van der Waals surface area contributed by atoms with Crippen molar-refractivity contribution >= 4 is 0 Å². The van der Waals surface area contributed by atoms with Crippen LogP contribution in [0.4, 0.5) is 0 Å². The molecule has 3 heterocycles. The summed E-state index contributed by atoms with van der Waals surface area (Å²) in [5, 5.41) is 10.5. The summed E-state index contributed by atoms with van der Waals surface area (Å²) < 4.78 is 11.0. The molecule has 0 radical (unpaired) electrons. The van der Waals surface area contributed by atoms with E-state index in [-0.39, 0.29) is 5.92 Å². The summed E-state index contributed by atoms with van der Waals surface area (Å²) in [5.41, 5.74) is 3.79. The van der Waals surface area contributed by atoms with Crippen LogP contribution in [0.25, 0.3) is 0 Å². The van der Waals surface area contributed by atoms with Gasteiger partial charge in [0.15, 0.2) is 11.5 Å². The number of aliphatic hydroxyl groups excluding tert-OH is 1. The van der Waals surface area contributed by atoms with Crippen LogP contribution in [0.5, 0.6) is 11.5 Å². The van der Waals surface area contributed by atoms with Crippen LogP contribution >= 0.6 is 0 Å². The maximum absolute atomic E-state index is 10.5. The SMILES string of the molecule is OC1C=CC2=CCN3Cc4cc5c(cc4C1C23)OCO5. The van der Waals surface area contributed by atoms with Crippen molar-refractivity contribution < 1.29 is 14.6 Å². The minimum atomic E-state index is -0.433. The summed E-state index contributed by atoms with van der Waals surface area (Å²) in [6, 6.07) is 4.46. The molecule has 0 fully saturated rings. The standard InChI is InChI=1S/C16H15NO3/c18-12-2-1-9-3-4-17-7-10-5-13-14(20-8-19-13)6-11(10)15(12)16(9)17/h1-3,5-6,12,15-16,18H,4,7-8H2. The van der Waals surface area contributed by atoms with Crippen LogP contribution in [0.2, 0.25) is 0 Å². The summed E-state index contributed by atoms with van der Waals surface area (Å²) >= 11 is 0. The quantitative estimate of drug-likeness (QED) is 0.776. The van der Waals surface area contributed by atoms with E-state index in [4.69, 9.17) is 9.47 Å². The number of rotatable bonds is 0. The third-order valence-corrected chi connectivity index (χ3v) is 4.86. The summed E-state index contributed by atoms with van der Waals surface area (Å²) in [5.74, 6) is 1.74. The van der Waals surface area contributed by atoms with Gasteiger partial charge < -0.3 is 14.6 Å². The van der Waals surface area contributed by atoms with E-state index in [1.165, 1.54) is 16.7 Å². The van der Waals surface area contributed by atoms with Crippen molar-refractivity contribution in [3.8, 4) is 11.5 Å². The molecule has 0 bridgehead atoms. The Kier molecular flexibility index (Phi) is 2.00. The van der Waals surface area contributed by atoms with Crippen molar-refractivity contribution in [2.45, 2.75) is 24.6 Å². The van der Waals surface area contributed by atoms with Gasteiger partial charge >= 0.3 is 0 Å². The van der Waals surface area contributed by atoms with Crippen molar-refractivity contribution in [1.82, 2.24) is 4.90 Å². The van der Waals surface area contributed by atoms with Gasteiger partial charge in [0.25, 0.3) is 0 Å². The molecule has 3 aliphatic heterocycles. The molecule has 1 aliphatic carbocycles. The fraction of sp³-hybridized carbons (Fsp3) is 0.375. The molecule has 4 nitrogen and oxygen atoms in total. The topological polar surface area (TPSA) is 41.9 Å². The summed E-state index contributed by atoms with van der Waals surface area (Å²) in [4.78, 5) is 2.43. The predicted molar refractivity (Wildman–Crippen MR) is 72.7 cm³/mol. The smallest absolute Gasteiger partial charge is 0.231 e. The third kappa shape index (κ3) is 1.28. The molecule has 5 rings (SSSR count). The van der Waals surface area contributed by atoms with Gasteiger partial charge in [-0.3, -0.25) is 4.90 Å². The molecule has 1 aromatic rings. The summed E-state index contributed by atoms with van der Waals surface area (Å²) in [7, 11) is 0. The minimum absolute atomic E-state index is 0.104. The van der Waals surface area contributed by atoms with E-state index in [0.717, 1.165) is 24.6 Å². The molecule has 0 saturated carbocycles. The average molecular weight is 269 g/mol. The van der Waals surface area contributed by atoms with Crippen LogP contribution < -0.4 is 9.47 Å². The Labute approximate surface area is 116 Å². The van der Waals surface area contributed by atoms with Crippen molar-refractivity contribution in [1.29, 1.82) is 0 Å². The lowest BCUT2D eigenvalue weighted by Crippen LogP contribution is -2.46. The van der Waals surface area contributed by atoms with Crippen LogP contribution in [0.1, 0.15) is 17.0 Å². The monoisotopic (exact) mass is 269 g/mol. The number of benzene rings is 1. The Balaban J connectivity index is 1.71. The van der Waals surface area contributed by atoms with Gasteiger partial charge in [-0.1, -0.05) is 18.2 Å². The Morgan fingerprint density at radius 3 is 2.95 bits per heavy atom. The molecule has 1 N–H and O–H groups in total. The van der Waals surface area contributed by atoms with Crippen LogP contribution in [0, 0.1) is 0 Å². The van der Waals surface area contributed by atoms with E-state index in [1.54, 1.807) is 0 Å². The number of nitrogens with zero attached hydrogens (tertiary/aromatic N) is 1. The number of hydrogen-bond acceptors (Lipinski definition) is 4.